The molecule has 0 saturated carbocycles. The predicted octanol–water partition coefficient (Wildman–Crippen LogP) is 0.836. The lowest BCUT2D eigenvalue weighted by atomic mass is 10.2. The van der Waals surface area contributed by atoms with Gasteiger partial charge >= 0.3 is 18.0 Å². The minimum Gasteiger partial charge on any atom is -0.481 e. The van der Waals surface area contributed by atoms with Gasteiger partial charge in [-0.25, -0.2) is 4.79 Å². The summed E-state index contributed by atoms with van der Waals surface area (Å²) in [5.41, 5.74) is 0. The summed E-state index contributed by atoms with van der Waals surface area (Å²) in [6, 6.07) is -0.248. The molecule has 0 unspecified atom stereocenters. The highest BCUT2D eigenvalue weighted by molar-refractivity contribution is 5.75. The Morgan fingerprint density at radius 1 is 1.16 bits per heavy atom. The van der Waals surface area contributed by atoms with Gasteiger partial charge in [0.15, 0.2) is 0 Å². The molecule has 0 aromatic heterocycles. The van der Waals surface area contributed by atoms with Gasteiger partial charge in [-0.2, -0.15) is 0 Å². The molecule has 2 amide bonds. The van der Waals surface area contributed by atoms with E-state index in [1.807, 2.05) is 0 Å². The maximum atomic E-state index is 11.6. The molecule has 7 nitrogen and oxygen atoms in total. The van der Waals surface area contributed by atoms with Crippen LogP contribution < -0.4 is 5.32 Å². The number of carbonyl (C=O) groups excluding carboxylic acids is 2. The normalized spacial score (nSPS) is 9.79. The molecule has 0 aliphatic rings. The first-order valence-electron chi connectivity index (χ1n) is 6.25. The summed E-state index contributed by atoms with van der Waals surface area (Å²) >= 11 is 0. The number of amides is 2. The molecule has 0 heterocycles. The topological polar surface area (TPSA) is 95.9 Å². The van der Waals surface area contributed by atoms with Crippen LogP contribution in [0.3, 0.4) is 0 Å². The van der Waals surface area contributed by atoms with Gasteiger partial charge in [0.1, 0.15) is 0 Å². The second-order valence-electron chi connectivity index (χ2n) is 4.18. The van der Waals surface area contributed by atoms with Crippen molar-refractivity contribution in [2.75, 3.05) is 27.2 Å². The van der Waals surface area contributed by atoms with Crippen LogP contribution in [0.1, 0.15) is 32.1 Å². The summed E-state index contributed by atoms with van der Waals surface area (Å²) in [6.07, 6.45) is 2.44. The molecule has 0 bridgehead atoms. The third kappa shape index (κ3) is 9.87. The number of rotatable bonds is 9. The lowest BCUT2D eigenvalue weighted by Gasteiger charge is -2.17. The average Bonchev–Trinajstić information content (AvgIpc) is 2.38. The average molecular weight is 274 g/mol. The Kier molecular flexibility index (Phi) is 9.20. The standard InChI is InChI=1S/C12H22N2O5/c1-14(9-7-11(17)19-2)12(18)13-8-5-3-4-6-10(15)16/h3-9H2,1-2H3,(H,13,18)(H,15,16). The number of aliphatic carboxylic acids is 1. The van der Waals surface area contributed by atoms with Gasteiger partial charge < -0.3 is 20.1 Å². The maximum Gasteiger partial charge on any atom is 0.317 e. The van der Waals surface area contributed by atoms with Crippen LogP contribution in [0.4, 0.5) is 4.79 Å². The van der Waals surface area contributed by atoms with E-state index in [4.69, 9.17) is 5.11 Å². The van der Waals surface area contributed by atoms with Gasteiger partial charge in [-0.15, -0.1) is 0 Å². The van der Waals surface area contributed by atoms with Crippen molar-refractivity contribution in [3.8, 4) is 0 Å². The second-order valence-corrected chi connectivity index (χ2v) is 4.18. The number of carboxylic acid groups (broad SMARTS) is 1. The van der Waals surface area contributed by atoms with Crippen LogP contribution in [0.25, 0.3) is 0 Å². The predicted molar refractivity (Wildman–Crippen MR) is 68.8 cm³/mol. The molecule has 0 aromatic carbocycles. The third-order valence-corrected chi connectivity index (χ3v) is 2.57. The van der Waals surface area contributed by atoms with E-state index >= 15 is 0 Å². The zero-order chi connectivity index (χ0) is 14.7. The zero-order valence-electron chi connectivity index (χ0n) is 11.5. The molecule has 110 valence electrons. The van der Waals surface area contributed by atoms with E-state index in [0.29, 0.717) is 19.5 Å². The number of nitrogens with zero attached hydrogens (tertiary/aromatic N) is 1. The number of unbranched alkanes of at least 4 members (excludes halogenated alkanes) is 2. The molecule has 0 rings (SSSR count). The smallest absolute Gasteiger partial charge is 0.317 e. The van der Waals surface area contributed by atoms with E-state index in [1.165, 1.54) is 12.0 Å². The molecule has 0 spiro atoms. The van der Waals surface area contributed by atoms with Gasteiger partial charge in [-0.05, 0) is 12.8 Å². The Hall–Kier alpha value is -1.79. The van der Waals surface area contributed by atoms with Gasteiger partial charge in [0.25, 0.3) is 0 Å². The van der Waals surface area contributed by atoms with Gasteiger partial charge in [0.05, 0.1) is 13.5 Å². The van der Waals surface area contributed by atoms with Crippen molar-refractivity contribution in [1.82, 2.24) is 10.2 Å². The van der Waals surface area contributed by atoms with Crippen LogP contribution in [0.2, 0.25) is 0 Å². The highest BCUT2D eigenvalue weighted by Gasteiger charge is 2.09. The highest BCUT2D eigenvalue weighted by Crippen LogP contribution is 1.99. The van der Waals surface area contributed by atoms with Gasteiger partial charge in [0, 0.05) is 26.6 Å². The van der Waals surface area contributed by atoms with Crippen molar-refractivity contribution in [3.63, 3.8) is 0 Å². The summed E-state index contributed by atoms with van der Waals surface area (Å²) in [6.45, 7) is 0.804. The van der Waals surface area contributed by atoms with Crippen molar-refractivity contribution in [3.05, 3.63) is 0 Å². The lowest BCUT2D eigenvalue weighted by Crippen LogP contribution is -2.38. The number of carbonyl (C=O) groups is 3. The summed E-state index contributed by atoms with van der Waals surface area (Å²) < 4.78 is 4.48. The number of nitrogens with one attached hydrogen (secondary N) is 1. The van der Waals surface area contributed by atoms with Gasteiger partial charge in [-0.1, -0.05) is 6.42 Å². The Balaban J connectivity index is 3.56. The summed E-state index contributed by atoms with van der Waals surface area (Å²) in [4.78, 5) is 34.1. The van der Waals surface area contributed by atoms with E-state index in [1.54, 1.807) is 7.05 Å². The van der Waals surface area contributed by atoms with Crippen molar-refractivity contribution >= 4 is 18.0 Å². The Morgan fingerprint density at radius 3 is 2.42 bits per heavy atom. The molecule has 0 fully saturated rings. The fourth-order valence-corrected chi connectivity index (χ4v) is 1.37. The van der Waals surface area contributed by atoms with Crippen LogP contribution in [0, 0.1) is 0 Å². The first-order chi connectivity index (χ1) is 8.97. The molecule has 0 saturated heterocycles. The summed E-state index contributed by atoms with van der Waals surface area (Å²) in [7, 11) is 2.90. The largest absolute Gasteiger partial charge is 0.481 e. The van der Waals surface area contributed by atoms with E-state index in [-0.39, 0.29) is 24.8 Å². The first kappa shape index (κ1) is 17.2. The SMILES string of the molecule is COC(=O)CCN(C)C(=O)NCCCCCC(=O)O. The quantitative estimate of drug-likeness (QED) is 0.479. The van der Waals surface area contributed by atoms with Crippen molar-refractivity contribution in [2.24, 2.45) is 0 Å². The Labute approximate surface area is 112 Å². The molecule has 7 heteroatoms. The zero-order valence-corrected chi connectivity index (χ0v) is 11.5. The number of carboxylic acids is 1. The van der Waals surface area contributed by atoms with Crippen LogP contribution in [-0.4, -0.2) is 55.2 Å². The summed E-state index contributed by atoms with van der Waals surface area (Å²) in [5, 5.41) is 11.1. The second kappa shape index (κ2) is 10.2. The monoisotopic (exact) mass is 274 g/mol. The number of esters is 1. The molecule has 2 N–H and O–H groups in total. The lowest BCUT2D eigenvalue weighted by molar-refractivity contribution is -0.141. The molecule has 0 aromatic rings. The number of methoxy groups -OCH3 is 1. The number of ether oxygens (including phenoxy) is 1. The fraction of sp³-hybridized carbons (Fsp3) is 0.750. The number of hydrogen-bond donors (Lipinski definition) is 2. The van der Waals surface area contributed by atoms with Crippen LogP contribution >= 0.6 is 0 Å². The molecular formula is C12H22N2O5. The van der Waals surface area contributed by atoms with Crippen molar-refractivity contribution in [1.29, 1.82) is 0 Å². The number of hydrogen-bond acceptors (Lipinski definition) is 4. The van der Waals surface area contributed by atoms with Crippen molar-refractivity contribution < 1.29 is 24.2 Å². The van der Waals surface area contributed by atoms with Gasteiger partial charge in [-0.3, -0.25) is 9.59 Å². The first-order valence-corrected chi connectivity index (χ1v) is 6.25. The molecule has 0 atom stereocenters. The van der Waals surface area contributed by atoms with Crippen LogP contribution in [0.15, 0.2) is 0 Å². The van der Waals surface area contributed by atoms with E-state index in [0.717, 1.165) is 12.8 Å². The fourth-order valence-electron chi connectivity index (χ4n) is 1.37. The Bertz CT molecular complexity index is 306. The number of urea groups is 1. The minimum atomic E-state index is -0.799. The highest BCUT2D eigenvalue weighted by atomic mass is 16.5. The molecule has 0 aliphatic heterocycles. The van der Waals surface area contributed by atoms with E-state index in [2.05, 4.69) is 10.1 Å². The Morgan fingerprint density at radius 2 is 1.84 bits per heavy atom. The molecule has 0 aliphatic carbocycles. The third-order valence-electron chi connectivity index (χ3n) is 2.57. The maximum absolute atomic E-state index is 11.6. The van der Waals surface area contributed by atoms with Crippen LogP contribution in [0.5, 0.6) is 0 Å². The molecule has 19 heavy (non-hydrogen) atoms. The van der Waals surface area contributed by atoms with E-state index < -0.39 is 5.97 Å². The molecular weight excluding hydrogens is 252 g/mol. The van der Waals surface area contributed by atoms with E-state index in [9.17, 15) is 14.4 Å². The minimum absolute atomic E-state index is 0.160. The van der Waals surface area contributed by atoms with Crippen molar-refractivity contribution in [2.45, 2.75) is 32.1 Å². The van der Waals surface area contributed by atoms with Crippen LogP contribution in [-0.2, 0) is 14.3 Å². The summed E-state index contributed by atoms with van der Waals surface area (Å²) in [5.74, 6) is -1.15. The molecule has 0 radical (unpaired) electrons. The van der Waals surface area contributed by atoms with Gasteiger partial charge in [0.2, 0.25) is 0 Å².